The molecule has 24 heavy (non-hydrogen) atoms. The Labute approximate surface area is 143 Å². The van der Waals surface area contributed by atoms with Crippen LogP contribution in [0, 0.1) is 0 Å². The molecular formula is C16H14N2O4S2. The minimum atomic E-state index is -3.71. The molecule has 0 fully saturated rings. The Morgan fingerprint density at radius 2 is 1.96 bits per heavy atom. The van der Waals surface area contributed by atoms with Crippen LogP contribution >= 0.6 is 11.3 Å². The number of ether oxygens (including phenoxy) is 1. The molecule has 3 rings (SSSR count). The Balaban J connectivity index is 1.72. The summed E-state index contributed by atoms with van der Waals surface area (Å²) in [6, 6.07) is 11.2. The maximum atomic E-state index is 12.3. The summed E-state index contributed by atoms with van der Waals surface area (Å²) in [6.45, 7) is 0. The van der Waals surface area contributed by atoms with E-state index in [-0.39, 0.29) is 4.90 Å². The van der Waals surface area contributed by atoms with Crippen LogP contribution in [0.3, 0.4) is 0 Å². The smallest absolute Gasteiger partial charge is 0.239 e. The second kappa shape index (κ2) is 6.58. The van der Waals surface area contributed by atoms with Crippen molar-refractivity contribution >= 4 is 43.0 Å². The predicted molar refractivity (Wildman–Crippen MR) is 93.3 cm³/mol. The molecule has 0 saturated heterocycles. The zero-order valence-corrected chi connectivity index (χ0v) is 14.4. The zero-order valence-electron chi connectivity index (χ0n) is 12.7. The number of carbonyl (C=O) groups excluding carboxylic acids is 1. The molecule has 0 bridgehead atoms. The molecule has 3 aromatic rings. The van der Waals surface area contributed by atoms with Gasteiger partial charge in [0.2, 0.25) is 5.91 Å². The monoisotopic (exact) mass is 362 g/mol. The number of rotatable bonds is 5. The van der Waals surface area contributed by atoms with Crippen LogP contribution in [0.1, 0.15) is 0 Å². The Morgan fingerprint density at radius 1 is 1.21 bits per heavy atom. The number of methoxy groups -OCH3 is 1. The van der Waals surface area contributed by atoms with Gasteiger partial charge >= 0.3 is 0 Å². The molecule has 0 aliphatic carbocycles. The lowest BCUT2D eigenvalue weighted by Gasteiger charge is -2.07. The number of nitrogens with zero attached hydrogens (tertiary/aromatic N) is 1. The van der Waals surface area contributed by atoms with Crippen molar-refractivity contribution in [2.45, 2.75) is 4.90 Å². The first kappa shape index (κ1) is 16.4. The van der Waals surface area contributed by atoms with Gasteiger partial charge in [-0.25, -0.2) is 13.4 Å². The van der Waals surface area contributed by atoms with Gasteiger partial charge in [0.05, 0.1) is 27.7 Å². The number of anilines is 1. The van der Waals surface area contributed by atoms with E-state index in [1.807, 2.05) is 0 Å². The first-order chi connectivity index (χ1) is 11.5. The highest BCUT2D eigenvalue weighted by Gasteiger charge is 2.19. The van der Waals surface area contributed by atoms with Crippen LogP contribution in [-0.4, -0.2) is 32.2 Å². The molecule has 124 valence electrons. The summed E-state index contributed by atoms with van der Waals surface area (Å²) in [5.41, 5.74) is 3.09. The van der Waals surface area contributed by atoms with Crippen molar-refractivity contribution in [1.29, 1.82) is 0 Å². The largest absolute Gasteiger partial charge is 0.497 e. The van der Waals surface area contributed by atoms with Crippen molar-refractivity contribution in [3.8, 4) is 5.75 Å². The minimum absolute atomic E-state index is 0.0800. The van der Waals surface area contributed by atoms with E-state index in [4.69, 9.17) is 4.74 Å². The Kier molecular flexibility index (Phi) is 4.50. The number of amides is 1. The third kappa shape index (κ3) is 3.55. The van der Waals surface area contributed by atoms with Gasteiger partial charge in [0.1, 0.15) is 11.5 Å². The number of carbonyl (C=O) groups is 1. The summed E-state index contributed by atoms with van der Waals surface area (Å²) >= 11 is 1.45. The Hall–Kier alpha value is -2.45. The van der Waals surface area contributed by atoms with E-state index >= 15 is 0 Å². The third-order valence-corrected chi connectivity index (χ3v) is 5.78. The van der Waals surface area contributed by atoms with Crippen LogP contribution in [0.5, 0.6) is 5.75 Å². The molecule has 1 amide bonds. The molecule has 0 spiro atoms. The first-order valence-corrected chi connectivity index (χ1v) is 9.51. The number of thiazole rings is 1. The van der Waals surface area contributed by atoms with Gasteiger partial charge in [0.25, 0.3) is 0 Å². The van der Waals surface area contributed by atoms with Gasteiger partial charge in [-0.2, -0.15) is 0 Å². The number of aromatic nitrogens is 1. The summed E-state index contributed by atoms with van der Waals surface area (Å²) in [7, 11) is -2.22. The summed E-state index contributed by atoms with van der Waals surface area (Å²) in [4.78, 5) is 16.3. The molecule has 2 aromatic carbocycles. The van der Waals surface area contributed by atoms with E-state index in [1.54, 1.807) is 35.8 Å². The van der Waals surface area contributed by atoms with Crippen molar-refractivity contribution in [3.63, 3.8) is 0 Å². The molecular weight excluding hydrogens is 348 g/mol. The molecule has 1 N–H and O–H groups in total. The molecule has 1 heterocycles. The van der Waals surface area contributed by atoms with Crippen LogP contribution < -0.4 is 10.1 Å². The van der Waals surface area contributed by atoms with Gasteiger partial charge in [-0.15, -0.1) is 11.3 Å². The maximum absolute atomic E-state index is 12.3. The van der Waals surface area contributed by atoms with Gasteiger partial charge in [-0.3, -0.25) is 4.79 Å². The van der Waals surface area contributed by atoms with Crippen molar-refractivity contribution in [2.75, 3.05) is 18.2 Å². The topological polar surface area (TPSA) is 85.4 Å². The van der Waals surface area contributed by atoms with Crippen molar-refractivity contribution in [1.82, 2.24) is 4.98 Å². The van der Waals surface area contributed by atoms with E-state index in [0.29, 0.717) is 11.4 Å². The SMILES string of the molecule is COc1ccc(S(=O)(=O)CC(=O)Nc2ccc3ncsc3c2)cc1. The Morgan fingerprint density at radius 3 is 2.67 bits per heavy atom. The standard InChI is InChI=1S/C16H14N2O4S2/c1-22-12-3-5-13(6-4-12)24(20,21)9-16(19)18-11-2-7-14-15(8-11)23-10-17-14/h2-8,10H,9H2,1H3,(H,18,19). The Bertz CT molecular complexity index is 979. The quantitative estimate of drug-likeness (QED) is 0.754. The first-order valence-electron chi connectivity index (χ1n) is 6.98. The van der Waals surface area contributed by atoms with Crippen LogP contribution in [-0.2, 0) is 14.6 Å². The average molecular weight is 362 g/mol. The summed E-state index contributed by atoms with van der Waals surface area (Å²) in [5.74, 6) is -0.661. The number of benzene rings is 2. The van der Waals surface area contributed by atoms with Gasteiger partial charge in [-0.05, 0) is 42.5 Å². The fourth-order valence-electron chi connectivity index (χ4n) is 2.17. The summed E-state index contributed by atoms with van der Waals surface area (Å²) in [6.07, 6.45) is 0. The van der Waals surface area contributed by atoms with Crippen LogP contribution in [0.15, 0.2) is 52.9 Å². The van der Waals surface area contributed by atoms with Crippen molar-refractivity contribution < 1.29 is 17.9 Å². The minimum Gasteiger partial charge on any atom is -0.497 e. The molecule has 0 aliphatic rings. The highest BCUT2D eigenvalue weighted by molar-refractivity contribution is 7.92. The van der Waals surface area contributed by atoms with E-state index in [1.165, 1.54) is 30.6 Å². The van der Waals surface area contributed by atoms with Crippen molar-refractivity contribution in [2.24, 2.45) is 0 Å². The fraction of sp³-hybridized carbons (Fsp3) is 0.125. The number of sulfone groups is 1. The number of fused-ring (bicyclic) bond motifs is 1. The lowest BCUT2D eigenvalue weighted by Crippen LogP contribution is -2.23. The molecule has 6 nitrogen and oxygen atoms in total. The molecule has 8 heteroatoms. The third-order valence-electron chi connectivity index (χ3n) is 3.35. The van der Waals surface area contributed by atoms with Crippen LogP contribution in [0.4, 0.5) is 5.69 Å². The van der Waals surface area contributed by atoms with Crippen LogP contribution in [0.25, 0.3) is 10.2 Å². The van der Waals surface area contributed by atoms with Crippen molar-refractivity contribution in [3.05, 3.63) is 48.0 Å². The van der Waals surface area contributed by atoms with Gasteiger partial charge in [0, 0.05) is 5.69 Å². The van der Waals surface area contributed by atoms with Gasteiger partial charge in [0.15, 0.2) is 9.84 Å². The van der Waals surface area contributed by atoms with Gasteiger partial charge < -0.3 is 10.1 Å². The lowest BCUT2D eigenvalue weighted by molar-refractivity contribution is -0.113. The molecule has 0 saturated carbocycles. The maximum Gasteiger partial charge on any atom is 0.239 e. The van der Waals surface area contributed by atoms with Gasteiger partial charge in [-0.1, -0.05) is 0 Å². The molecule has 0 atom stereocenters. The average Bonchev–Trinajstić information content (AvgIpc) is 3.02. The van der Waals surface area contributed by atoms with Crippen LogP contribution in [0.2, 0.25) is 0 Å². The van der Waals surface area contributed by atoms with E-state index in [9.17, 15) is 13.2 Å². The van der Waals surface area contributed by atoms with E-state index in [2.05, 4.69) is 10.3 Å². The number of hydrogen-bond donors (Lipinski definition) is 1. The van der Waals surface area contributed by atoms with E-state index < -0.39 is 21.5 Å². The molecule has 0 radical (unpaired) electrons. The molecule has 1 aromatic heterocycles. The summed E-state index contributed by atoms with van der Waals surface area (Å²) in [5, 5.41) is 2.61. The molecule has 0 unspecified atom stereocenters. The second-order valence-corrected chi connectivity index (χ2v) is 7.89. The second-order valence-electron chi connectivity index (χ2n) is 5.02. The fourth-order valence-corrected chi connectivity index (χ4v) is 4.02. The lowest BCUT2D eigenvalue weighted by atomic mass is 10.3. The number of hydrogen-bond acceptors (Lipinski definition) is 6. The highest BCUT2D eigenvalue weighted by Crippen LogP contribution is 2.22. The predicted octanol–water partition coefficient (Wildman–Crippen LogP) is 2.72. The molecule has 0 aliphatic heterocycles. The zero-order chi connectivity index (χ0) is 17.2. The normalized spacial score (nSPS) is 11.4. The summed E-state index contributed by atoms with van der Waals surface area (Å²) < 4.78 is 30.5. The highest BCUT2D eigenvalue weighted by atomic mass is 32.2. The van der Waals surface area contributed by atoms with E-state index in [0.717, 1.165) is 10.2 Å². The number of nitrogens with one attached hydrogen (secondary N) is 1.